The number of benzene rings is 2. The Kier molecular flexibility index (Phi) is 9.68. The summed E-state index contributed by atoms with van der Waals surface area (Å²) in [6.45, 7) is 4.88. The summed E-state index contributed by atoms with van der Waals surface area (Å²) in [5, 5.41) is 6.57. The van der Waals surface area contributed by atoms with Gasteiger partial charge in [-0.15, -0.1) is 0 Å². The summed E-state index contributed by atoms with van der Waals surface area (Å²) in [6.07, 6.45) is 8.76. The van der Waals surface area contributed by atoms with Crippen LogP contribution in [0.2, 0.25) is 5.02 Å². The molecule has 9 nitrogen and oxygen atoms in total. The third-order valence-corrected chi connectivity index (χ3v) is 11.6. The number of piperidine rings is 1. The maximum atomic E-state index is 14.3. The van der Waals surface area contributed by atoms with Gasteiger partial charge in [0.2, 0.25) is 11.8 Å². The molecule has 2 aliphatic carbocycles. The molecule has 0 aromatic heterocycles. The molecule has 1 saturated carbocycles. The van der Waals surface area contributed by atoms with E-state index in [9.17, 15) is 19.2 Å². The molecule has 1 unspecified atom stereocenters. The molecular weight excluding hydrogens is 614 g/mol. The summed E-state index contributed by atoms with van der Waals surface area (Å²) in [7, 11) is 0. The highest BCUT2D eigenvalue weighted by Gasteiger charge is 2.51. The Hall–Kier alpha value is -3.43. The monoisotopic (exact) mass is 661 g/mol. The molecule has 4 aliphatic rings. The largest absolute Gasteiger partial charge is 0.344 e. The molecule has 0 bridgehead atoms. The smallest absolute Gasteiger partial charge is 0.325 e. The van der Waals surface area contributed by atoms with E-state index in [0.717, 1.165) is 43.2 Å². The molecule has 5 amide bonds. The van der Waals surface area contributed by atoms with Gasteiger partial charge in [-0.2, -0.15) is 0 Å². The lowest BCUT2D eigenvalue weighted by atomic mass is 9.63. The highest BCUT2D eigenvalue weighted by molar-refractivity contribution is 6.30. The summed E-state index contributed by atoms with van der Waals surface area (Å²) >= 11 is 6.15. The number of fused-ring (bicyclic) bond motifs is 1. The molecular formula is C37H48ClN5O4. The highest BCUT2D eigenvalue weighted by atomic mass is 35.5. The van der Waals surface area contributed by atoms with E-state index in [2.05, 4.69) is 16.7 Å². The third-order valence-electron chi connectivity index (χ3n) is 11.3. The molecule has 0 radical (unpaired) electrons. The normalized spacial score (nSPS) is 24.8. The van der Waals surface area contributed by atoms with Gasteiger partial charge in [0, 0.05) is 37.1 Å². The quantitative estimate of drug-likeness (QED) is 0.338. The molecule has 47 heavy (non-hydrogen) atoms. The van der Waals surface area contributed by atoms with E-state index >= 15 is 0 Å². The van der Waals surface area contributed by atoms with Gasteiger partial charge in [-0.1, -0.05) is 67.3 Å². The van der Waals surface area contributed by atoms with Crippen LogP contribution in [0.3, 0.4) is 0 Å². The van der Waals surface area contributed by atoms with Crippen molar-refractivity contribution in [2.75, 3.05) is 19.6 Å². The highest BCUT2D eigenvalue weighted by Crippen LogP contribution is 2.47. The fourth-order valence-electron chi connectivity index (χ4n) is 8.50. The van der Waals surface area contributed by atoms with Crippen molar-refractivity contribution in [3.8, 4) is 0 Å². The van der Waals surface area contributed by atoms with Gasteiger partial charge < -0.3 is 21.3 Å². The van der Waals surface area contributed by atoms with Crippen LogP contribution in [0.5, 0.6) is 0 Å². The summed E-state index contributed by atoms with van der Waals surface area (Å²) < 4.78 is 0. The first-order valence-electron chi connectivity index (χ1n) is 17.3. The lowest BCUT2D eigenvalue weighted by Gasteiger charge is -2.49. The van der Waals surface area contributed by atoms with Crippen LogP contribution < -0.4 is 16.4 Å². The number of nitrogens with two attached hydrogens (primary N) is 1. The van der Waals surface area contributed by atoms with Crippen LogP contribution >= 0.6 is 11.6 Å². The molecule has 10 heteroatoms. The van der Waals surface area contributed by atoms with E-state index in [-0.39, 0.29) is 29.2 Å². The molecule has 2 saturated heterocycles. The Balaban J connectivity index is 1.20. The molecule has 2 aromatic rings. The number of rotatable bonds is 8. The van der Waals surface area contributed by atoms with Crippen LogP contribution in [0.1, 0.15) is 87.9 Å². The summed E-state index contributed by atoms with van der Waals surface area (Å²) in [5.74, 6) is -0.553. The average Bonchev–Trinajstić information content (AvgIpc) is 3.27. The van der Waals surface area contributed by atoms with Gasteiger partial charge in [-0.25, -0.2) is 4.79 Å². The van der Waals surface area contributed by atoms with Crippen LogP contribution in [0.15, 0.2) is 48.5 Å². The Bertz CT molecular complexity index is 1500. The first kappa shape index (κ1) is 33.5. The van der Waals surface area contributed by atoms with Crippen molar-refractivity contribution >= 4 is 35.4 Å². The number of carbonyl (C=O) groups is 4. The predicted molar refractivity (Wildman–Crippen MR) is 181 cm³/mol. The molecule has 2 aromatic carbocycles. The maximum absolute atomic E-state index is 14.3. The minimum absolute atomic E-state index is 0.119. The van der Waals surface area contributed by atoms with Crippen molar-refractivity contribution in [1.29, 1.82) is 0 Å². The van der Waals surface area contributed by atoms with Gasteiger partial charge in [0.25, 0.3) is 5.91 Å². The first-order chi connectivity index (χ1) is 22.5. The number of urea groups is 1. The number of aryl methyl sites for hydroxylation is 1. The fraction of sp³-hybridized carbons (Fsp3) is 0.568. The van der Waals surface area contributed by atoms with Crippen LogP contribution in [0.4, 0.5) is 4.79 Å². The maximum Gasteiger partial charge on any atom is 0.325 e. The zero-order valence-electron chi connectivity index (χ0n) is 27.6. The summed E-state index contributed by atoms with van der Waals surface area (Å²) in [6, 6.07) is 13.8. The molecule has 252 valence electrons. The number of nitrogens with zero attached hydrogens (tertiary/aromatic N) is 2. The van der Waals surface area contributed by atoms with Crippen molar-refractivity contribution in [2.24, 2.45) is 23.0 Å². The Morgan fingerprint density at radius 3 is 2.34 bits per heavy atom. The number of carbonyl (C=O) groups excluding carboxylic acids is 4. The predicted octanol–water partition coefficient (Wildman–Crippen LogP) is 5.15. The number of likely N-dealkylation sites (tertiary alicyclic amines) is 1. The second kappa shape index (κ2) is 13.6. The Labute approximate surface area is 282 Å². The molecule has 2 aliphatic heterocycles. The van der Waals surface area contributed by atoms with Crippen molar-refractivity contribution < 1.29 is 19.2 Å². The number of imide groups is 1. The van der Waals surface area contributed by atoms with Crippen LogP contribution in [-0.4, -0.2) is 64.8 Å². The van der Waals surface area contributed by atoms with Crippen LogP contribution in [-0.2, 0) is 27.2 Å². The number of hydrogen-bond acceptors (Lipinski definition) is 5. The van der Waals surface area contributed by atoms with E-state index < -0.39 is 23.5 Å². The Morgan fingerprint density at radius 1 is 1.00 bits per heavy atom. The second-order valence-electron chi connectivity index (χ2n) is 14.7. The average molecular weight is 662 g/mol. The molecule has 3 fully saturated rings. The van der Waals surface area contributed by atoms with Gasteiger partial charge >= 0.3 is 6.03 Å². The van der Waals surface area contributed by atoms with E-state index in [4.69, 9.17) is 17.3 Å². The second-order valence-corrected chi connectivity index (χ2v) is 15.2. The molecule has 6 rings (SSSR count). The SMILES string of the molecule is CC1(C)NC(=O)N(CC2(C3CCCCC3)CCN(C(=O)[C@@H](Cc3ccc(Cl)cc3)NC(=O)C3CCc4ccccc4[C@H]3N)CC2)C1=O. The Morgan fingerprint density at radius 2 is 1.68 bits per heavy atom. The van der Waals surface area contributed by atoms with Crippen LogP contribution in [0, 0.1) is 17.3 Å². The van der Waals surface area contributed by atoms with Gasteiger partial charge in [-0.05, 0) is 92.5 Å². The number of hydrogen-bond donors (Lipinski definition) is 3. The standard InChI is InChI=1S/C37H48ClN5O4/c1-36(2)34(46)43(35(47)41-36)23-37(26-9-4-3-5-10-26)18-20-42(21-19-37)33(45)30(22-24-12-15-27(38)16-13-24)40-32(44)29-17-14-25-8-6-7-11-28(25)31(29)39/h6-8,11-13,15-16,26,29-31H,3-5,9-10,14,17-23,39H2,1-2H3,(H,40,44)(H,41,47)/t29?,30-,31-/m1/s1. The van der Waals surface area contributed by atoms with E-state index in [1.165, 1.54) is 16.9 Å². The fourth-order valence-corrected chi connectivity index (χ4v) is 8.63. The molecule has 2 heterocycles. The topological polar surface area (TPSA) is 125 Å². The molecule has 3 atom stereocenters. The van der Waals surface area contributed by atoms with Crippen molar-refractivity contribution in [3.63, 3.8) is 0 Å². The zero-order chi connectivity index (χ0) is 33.3. The lowest BCUT2D eigenvalue weighted by molar-refractivity contribution is -0.141. The van der Waals surface area contributed by atoms with E-state index in [1.54, 1.807) is 26.0 Å². The van der Waals surface area contributed by atoms with E-state index in [1.807, 2.05) is 35.2 Å². The van der Waals surface area contributed by atoms with E-state index in [0.29, 0.717) is 56.3 Å². The third kappa shape index (κ3) is 6.93. The number of amides is 5. The first-order valence-corrected chi connectivity index (χ1v) is 17.7. The minimum Gasteiger partial charge on any atom is -0.344 e. The van der Waals surface area contributed by atoms with Gasteiger partial charge in [0.15, 0.2) is 0 Å². The zero-order valence-corrected chi connectivity index (χ0v) is 28.4. The molecule has 4 N–H and O–H groups in total. The minimum atomic E-state index is -0.919. The van der Waals surface area contributed by atoms with Crippen molar-refractivity contribution in [2.45, 2.75) is 95.7 Å². The summed E-state index contributed by atoms with van der Waals surface area (Å²) in [5.41, 5.74) is 8.53. The number of nitrogens with one attached hydrogen (secondary N) is 2. The van der Waals surface area contributed by atoms with Gasteiger partial charge in [-0.3, -0.25) is 19.3 Å². The molecule has 0 spiro atoms. The van der Waals surface area contributed by atoms with Crippen LogP contribution in [0.25, 0.3) is 0 Å². The number of halogens is 1. The van der Waals surface area contributed by atoms with Gasteiger partial charge in [0.1, 0.15) is 11.6 Å². The van der Waals surface area contributed by atoms with Gasteiger partial charge in [0.05, 0.1) is 5.92 Å². The lowest BCUT2D eigenvalue weighted by Crippen LogP contribution is -2.57. The summed E-state index contributed by atoms with van der Waals surface area (Å²) in [4.78, 5) is 57.6. The van der Waals surface area contributed by atoms with Crippen molar-refractivity contribution in [1.82, 2.24) is 20.4 Å². The van der Waals surface area contributed by atoms with Crippen molar-refractivity contribution in [3.05, 3.63) is 70.2 Å².